The Morgan fingerprint density at radius 2 is 2.00 bits per heavy atom. The summed E-state index contributed by atoms with van der Waals surface area (Å²) in [5, 5.41) is 2.99. The van der Waals surface area contributed by atoms with Gasteiger partial charge in [0.25, 0.3) is 0 Å². The van der Waals surface area contributed by atoms with Gasteiger partial charge in [-0.1, -0.05) is 22.9 Å². The molecule has 0 saturated carbocycles. The van der Waals surface area contributed by atoms with E-state index in [-0.39, 0.29) is 11.6 Å². The Morgan fingerprint density at radius 1 is 1.24 bits per heavy atom. The molecule has 2 rings (SSSR count). The second-order valence-electron chi connectivity index (χ2n) is 4.20. The van der Waals surface area contributed by atoms with Crippen LogP contribution in [0.25, 0.3) is 0 Å². The zero-order valence-electron chi connectivity index (χ0n) is 11.1. The molecule has 1 aromatic carbocycles. The first-order chi connectivity index (χ1) is 10.0. The average molecular weight is 361 g/mol. The van der Waals surface area contributed by atoms with E-state index in [1.54, 1.807) is 0 Å². The fourth-order valence-electron chi connectivity index (χ4n) is 1.66. The van der Waals surface area contributed by atoms with Crippen molar-refractivity contribution in [2.75, 3.05) is 6.54 Å². The molecule has 0 fully saturated rings. The minimum Gasteiger partial charge on any atom is -0.435 e. The minimum absolute atomic E-state index is 0.0220. The molecule has 1 heterocycles. The van der Waals surface area contributed by atoms with Crippen molar-refractivity contribution in [3.05, 3.63) is 51.9 Å². The van der Waals surface area contributed by atoms with Crippen LogP contribution in [0.4, 0.5) is 13.2 Å². The molecule has 0 aliphatic heterocycles. The Morgan fingerprint density at radius 3 is 2.71 bits per heavy atom. The highest BCUT2D eigenvalue weighted by Crippen LogP contribution is 2.30. The lowest BCUT2D eigenvalue weighted by Crippen LogP contribution is -2.13. The monoisotopic (exact) mass is 360 g/mol. The van der Waals surface area contributed by atoms with Crippen LogP contribution in [0.2, 0.25) is 0 Å². The highest BCUT2D eigenvalue weighted by Gasteiger charge is 2.15. The lowest BCUT2D eigenvalue weighted by atomic mass is 10.2. The molecule has 112 valence electrons. The molecule has 1 N–H and O–H groups in total. The third-order valence-electron chi connectivity index (χ3n) is 2.62. The van der Waals surface area contributed by atoms with Gasteiger partial charge in [-0.25, -0.2) is 13.8 Å². The largest absolute Gasteiger partial charge is 0.435 e. The van der Waals surface area contributed by atoms with E-state index < -0.39 is 17.5 Å². The van der Waals surface area contributed by atoms with Gasteiger partial charge in [0.15, 0.2) is 11.6 Å². The van der Waals surface area contributed by atoms with E-state index in [0.29, 0.717) is 23.1 Å². The van der Waals surface area contributed by atoms with E-state index >= 15 is 0 Å². The molecule has 1 aromatic heterocycles. The molecule has 0 amide bonds. The maximum atomic E-state index is 13.7. The van der Waals surface area contributed by atoms with Crippen LogP contribution in [0.5, 0.6) is 11.6 Å². The van der Waals surface area contributed by atoms with Crippen molar-refractivity contribution in [3.8, 4) is 11.6 Å². The van der Waals surface area contributed by atoms with E-state index in [2.05, 4.69) is 26.2 Å². The van der Waals surface area contributed by atoms with Crippen LogP contribution in [0.3, 0.4) is 0 Å². The molecule has 2 aromatic rings. The SMILES string of the molecule is CCNCc1cc(F)cnc1Oc1cc(Br)cc(F)c1F. The van der Waals surface area contributed by atoms with Crippen LogP contribution in [-0.4, -0.2) is 11.5 Å². The number of hydrogen-bond donors (Lipinski definition) is 1. The molecule has 0 radical (unpaired) electrons. The summed E-state index contributed by atoms with van der Waals surface area (Å²) in [5.41, 5.74) is 0.414. The number of hydrogen-bond acceptors (Lipinski definition) is 3. The summed E-state index contributed by atoms with van der Waals surface area (Å²) in [6, 6.07) is 3.50. The van der Waals surface area contributed by atoms with Gasteiger partial charge >= 0.3 is 0 Å². The summed E-state index contributed by atoms with van der Waals surface area (Å²) >= 11 is 3.05. The fraction of sp³-hybridized carbons (Fsp3) is 0.214. The van der Waals surface area contributed by atoms with Crippen LogP contribution < -0.4 is 10.1 Å². The average Bonchev–Trinajstić information content (AvgIpc) is 2.44. The van der Waals surface area contributed by atoms with Gasteiger partial charge in [0.1, 0.15) is 5.82 Å². The number of ether oxygens (including phenoxy) is 1. The third kappa shape index (κ3) is 3.95. The third-order valence-corrected chi connectivity index (χ3v) is 3.08. The van der Waals surface area contributed by atoms with E-state index in [1.165, 1.54) is 12.1 Å². The second-order valence-corrected chi connectivity index (χ2v) is 5.12. The Labute approximate surface area is 128 Å². The van der Waals surface area contributed by atoms with Gasteiger partial charge in [0, 0.05) is 16.6 Å². The molecule has 0 aliphatic carbocycles. The van der Waals surface area contributed by atoms with Crippen molar-refractivity contribution in [2.24, 2.45) is 0 Å². The molecule has 0 atom stereocenters. The summed E-state index contributed by atoms with van der Waals surface area (Å²) < 4.78 is 45.9. The summed E-state index contributed by atoms with van der Waals surface area (Å²) in [4.78, 5) is 3.79. The smallest absolute Gasteiger partial charge is 0.224 e. The maximum absolute atomic E-state index is 13.7. The van der Waals surface area contributed by atoms with Gasteiger partial charge in [-0.05, 0) is 24.7 Å². The molecular formula is C14H12BrF3N2O. The van der Waals surface area contributed by atoms with Crippen LogP contribution in [0.15, 0.2) is 28.9 Å². The van der Waals surface area contributed by atoms with Crippen molar-refractivity contribution >= 4 is 15.9 Å². The predicted molar refractivity (Wildman–Crippen MR) is 75.7 cm³/mol. The van der Waals surface area contributed by atoms with E-state index in [0.717, 1.165) is 12.3 Å². The Bertz CT molecular complexity index is 652. The highest BCUT2D eigenvalue weighted by atomic mass is 79.9. The number of pyridine rings is 1. The standard InChI is InChI=1S/C14H12BrF3N2O/c1-2-19-6-8-3-10(16)7-20-14(8)21-12-5-9(15)4-11(17)13(12)18/h3-5,7,19H,2,6H2,1H3. The van der Waals surface area contributed by atoms with Crippen LogP contribution >= 0.6 is 15.9 Å². The van der Waals surface area contributed by atoms with E-state index in [4.69, 9.17) is 4.74 Å². The molecule has 21 heavy (non-hydrogen) atoms. The van der Waals surface area contributed by atoms with E-state index in [9.17, 15) is 13.2 Å². The van der Waals surface area contributed by atoms with Crippen LogP contribution in [0, 0.1) is 17.5 Å². The number of nitrogens with zero attached hydrogens (tertiary/aromatic N) is 1. The normalized spacial score (nSPS) is 10.7. The summed E-state index contributed by atoms with van der Waals surface area (Å²) in [6.45, 7) is 2.85. The minimum atomic E-state index is -1.13. The van der Waals surface area contributed by atoms with Crippen LogP contribution in [-0.2, 0) is 6.54 Å². The van der Waals surface area contributed by atoms with Gasteiger partial charge in [-0.15, -0.1) is 0 Å². The van der Waals surface area contributed by atoms with Gasteiger partial charge in [0.2, 0.25) is 11.7 Å². The lowest BCUT2D eigenvalue weighted by Gasteiger charge is -2.11. The Balaban J connectivity index is 2.35. The Kier molecular flexibility index (Phi) is 5.19. The molecule has 0 spiro atoms. The van der Waals surface area contributed by atoms with Gasteiger partial charge in [0.05, 0.1) is 6.20 Å². The maximum Gasteiger partial charge on any atom is 0.224 e. The lowest BCUT2D eigenvalue weighted by molar-refractivity contribution is 0.398. The molecule has 0 unspecified atom stereocenters. The summed E-state index contributed by atoms with van der Waals surface area (Å²) in [5.74, 6) is -3.00. The number of nitrogens with one attached hydrogen (secondary N) is 1. The van der Waals surface area contributed by atoms with Crippen molar-refractivity contribution in [2.45, 2.75) is 13.5 Å². The van der Waals surface area contributed by atoms with Crippen LogP contribution in [0.1, 0.15) is 12.5 Å². The first-order valence-electron chi connectivity index (χ1n) is 6.18. The quantitative estimate of drug-likeness (QED) is 0.812. The number of aromatic nitrogens is 1. The van der Waals surface area contributed by atoms with Crippen molar-refractivity contribution in [3.63, 3.8) is 0 Å². The molecule has 3 nitrogen and oxygen atoms in total. The molecule has 0 saturated heterocycles. The molecular weight excluding hydrogens is 349 g/mol. The topological polar surface area (TPSA) is 34.2 Å². The van der Waals surface area contributed by atoms with Gasteiger partial charge in [-0.2, -0.15) is 4.39 Å². The number of rotatable bonds is 5. The Hall–Kier alpha value is -1.60. The molecule has 0 bridgehead atoms. The van der Waals surface area contributed by atoms with Crippen molar-refractivity contribution in [1.29, 1.82) is 0 Å². The summed E-state index contributed by atoms with van der Waals surface area (Å²) in [7, 11) is 0. The van der Waals surface area contributed by atoms with Crippen molar-refractivity contribution < 1.29 is 17.9 Å². The fourth-order valence-corrected chi connectivity index (χ4v) is 2.07. The number of benzene rings is 1. The molecule has 7 heteroatoms. The first kappa shape index (κ1) is 15.8. The highest BCUT2D eigenvalue weighted by molar-refractivity contribution is 9.10. The van der Waals surface area contributed by atoms with Crippen molar-refractivity contribution in [1.82, 2.24) is 10.3 Å². The predicted octanol–water partition coefficient (Wildman–Crippen LogP) is 4.16. The van der Waals surface area contributed by atoms with E-state index in [1.807, 2.05) is 6.92 Å². The first-order valence-corrected chi connectivity index (χ1v) is 6.98. The summed E-state index contributed by atoms with van der Waals surface area (Å²) in [6.07, 6.45) is 0.955. The number of halogens is 4. The molecule has 0 aliphatic rings. The zero-order valence-corrected chi connectivity index (χ0v) is 12.7. The second kappa shape index (κ2) is 6.91. The van der Waals surface area contributed by atoms with Gasteiger partial charge in [-0.3, -0.25) is 0 Å². The van der Waals surface area contributed by atoms with Gasteiger partial charge < -0.3 is 10.1 Å². The zero-order chi connectivity index (χ0) is 15.4.